The first kappa shape index (κ1) is 27.1. The molecular formula is C44H26N2OS. The number of para-hydroxylation sites is 1. The molecule has 3 heterocycles. The van der Waals surface area contributed by atoms with E-state index in [0.29, 0.717) is 5.82 Å². The molecule has 0 atom stereocenters. The van der Waals surface area contributed by atoms with Gasteiger partial charge < -0.3 is 4.42 Å². The summed E-state index contributed by atoms with van der Waals surface area (Å²) in [5.74, 6) is 0.690. The number of furan rings is 1. The monoisotopic (exact) mass is 630 g/mol. The Morgan fingerprint density at radius 3 is 2.15 bits per heavy atom. The molecule has 10 rings (SSSR count). The lowest BCUT2D eigenvalue weighted by atomic mass is 9.98. The summed E-state index contributed by atoms with van der Waals surface area (Å²) >= 11 is 1.75. The predicted molar refractivity (Wildman–Crippen MR) is 201 cm³/mol. The van der Waals surface area contributed by atoms with Gasteiger partial charge in [-0.1, -0.05) is 133 Å². The number of aromatic nitrogens is 2. The molecule has 0 amide bonds. The van der Waals surface area contributed by atoms with Crippen molar-refractivity contribution in [3.8, 4) is 44.9 Å². The lowest BCUT2D eigenvalue weighted by Crippen LogP contribution is -1.94. The normalized spacial score (nSPS) is 11.8. The van der Waals surface area contributed by atoms with E-state index in [1.165, 1.54) is 21.0 Å². The Balaban J connectivity index is 1.22. The van der Waals surface area contributed by atoms with E-state index in [0.717, 1.165) is 71.1 Å². The molecule has 0 N–H and O–H groups in total. The van der Waals surface area contributed by atoms with E-state index in [9.17, 15) is 0 Å². The molecule has 0 saturated heterocycles. The number of benzene rings is 7. The molecule has 48 heavy (non-hydrogen) atoms. The SMILES string of the molecule is c1ccc(-c2cccc(-c3nc(-c4cccc5oc6c(-c7ccc8ccccc8c7)cccc6c45)nc4c3sc3ccccc34)c2)cc1. The fraction of sp³-hybridized carbons (Fsp3) is 0. The highest BCUT2D eigenvalue weighted by Crippen LogP contribution is 2.43. The maximum Gasteiger partial charge on any atom is 0.161 e. The zero-order valence-electron chi connectivity index (χ0n) is 25.7. The van der Waals surface area contributed by atoms with Crippen LogP contribution in [0, 0.1) is 0 Å². The maximum atomic E-state index is 6.68. The van der Waals surface area contributed by atoms with Crippen LogP contribution in [0.3, 0.4) is 0 Å². The minimum absolute atomic E-state index is 0.690. The first-order chi connectivity index (χ1) is 23.8. The van der Waals surface area contributed by atoms with Gasteiger partial charge in [0.1, 0.15) is 11.2 Å². The number of hydrogen-bond acceptors (Lipinski definition) is 4. The summed E-state index contributed by atoms with van der Waals surface area (Å²) in [6.07, 6.45) is 0. The van der Waals surface area contributed by atoms with Gasteiger partial charge in [-0.05, 0) is 51.7 Å². The summed E-state index contributed by atoms with van der Waals surface area (Å²) in [5, 5.41) is 5.65. The molecule has 7 aromatic carbocycles. The molecule has 4 heteroatoms. The van der Waals surface area contributed by atoms with Crippen LogP contribution in [-0.4, -0.2) is 9.97 Å². The molecule has 0 bridgehead atoms. The number of fused-ring (bicyclic) bond motifs is 7. The molecule has 0 aliphatic heterocycles. The minimum Gasteiger partial charge on any atom is -0.455 e. The van der Waals surface area contributed by atoms with Crippen molar-refractivity contribution < 1.29 is 4.42 Å². The van der Waals surface area contributed by atoms with Crippen molar-refractivity contribution >= 4 is 64.4 Å². The maximum absolute atomic E-state index is 6.68. The third-order valence-corrected chi connectivity index (χ3v) is 10.5. The summed E-state index contributed by atoms with van der Waals surface area (Å²) < 4.78 is 8.97. The summed E-state index contributed by atoms with van der Waals surface area (Å²) in [4.78, 5) is 10.7. The molecule has 3 aromatic heterocycles. The van der Waals surface area contributed by atoms with Crippen molar-refractivity contribution in [3.63, 3.8) is 0 Å². The van der Waals surface area contributed by atoms with Crippen LogP contribution in [0.2, 0.25) is 0 Å². The quantitative estimate of drug-likeness (QED) is 0.194. The van der Waals surface area contributed by atoms with Gasteiger partial charge in [0.05, 0.1) is 15.9 Å². The molecule has 0 saturated carbocycles. The zero-order valence-corrected chi connectivity index (χ0v) is 26.5. The standard InChI is InChI=1S/C44H26N2OS/c1-2-11-27(12-3-1)30-15-8-16-32(26-30)40-43-41(34-17-6-7-22-38(34)48-43)46-44(45-40)36-20-10-21-37-39(36)35-19-9-18-33(42(35)47-37)31-24-23-28-13-4-5-14-29(28)25-31/h1-26H. The molecule has 0 radical (unpaired) electrons. The molecular weight excluding hydrogens is 605 g/mol. The number of nitrogens with zero attached hydrogens (tertiary/aromatic N) is 2. The lowest BCUT2D eigenvalue weighted by molar-refractivity contribution is 0.670. The van der Waals surface area contributed by atoms with E-state index < -0.39 is 0 Å². The largest absolute Gasteiger partial charge is 0.455 e. The van der Waals surface area contributed by atoms with Gasteiger partial charge in [0, 0.05) is 37.5 Å². The molecule has 0 unspecified atom stereocenters. The number of rotatable bonds is 4. The van der Waals surface area contributed by atoms with E-state index in [1.54, 1.807) is 11.3 Å². The molecule has 0 aliphatic rings. The predicted octanol–water partition coefficient (Wildman–Crippen LogP) is 12.6. The first-order valence-electron chi connectivity index (χ1n) is 16.1. The van der Waals surface area contributed by atoms with Crippen molar-refractivity contribution in [2.75, 3.05) is 0 Å². The minimum atomic E-state index is 0.690. The fourth-order valence-electron chi connectivity index (χ4n) is 7.00. The van der Waals surface area contributed by atoms with Gasteiger partial charge in [-0.2, -0.15) is 0 Å². The number of thiophene rings is 1. The van der Waals surface area contributed by atoms with Crippen LogP contribution < -0.4 is 0 Å². The van der Waals surface area contributed by atoms with Crippen LogP contribution in [0.15, 0.2) is 162 Å². The molecule has 0 fully saturated rings. The third kappa shape index (κ3) is 4.27. The highest BCUT2D eigenvalue weighted by molar-refractivity contribution is 7.26. The molecule has 0 spiro atoms. The Morgan fingerprint density at radius 2 is 1.21 bits per heavy atom. The van der Waals surface area contributed by atoms with Crippen molar-refractivity contribution in [2.45, 2.75) is 0 Å². The van der Waals surface area contributed by atoms with Crippen LogP contribution >= 0.6 is 11.3 Å². The number of hydrogen-bond donors (Lipinski definition) is 0. The van der Waals surface area contributed by atoms with E-state index in [2.05, 4.69) is 146 Å². The Morgan fingerprint density at radius 1 is 0.479 bits per heavy atom. The van der Waals surface area contributed by atoms with Crippen LogP contribution in [0.25, 0.3) is 97.9 Å². The van der Waals surface area contributed by atoms with Crippen molar-refractivity contribution in [1.82, 2.24) is 9.97 Å². The summed E-state index contributed by atoms with van der Waals surface area (Å²) in [5.41, 5.74) is 10.2. The van der Waals surface area contributed by atoms with E-state index in [4.69, 9.17) is 14.4 Å². The smallest absolute Gasteiger partial charge is 0.161 e. The average molecular weight is 631 g/mol. The first-order valence-corrected chi connectivity index (χ1v) is 16.9. The van der Waals surface area contributed by atoms with Gasteiger partial charge in [-0.3, -0.25) is 0 Å². The van der Waals surface area contributed by atoms with Crippen molar-refractivity contribution in [2.24, 2.45) is 0 Å². The highest BCUT2D eigenvalue weighted by Gasteiger charge is 2.21. The summed E-state index contributed by atoms with van der Waals surface area (Å²) in [7, 11) is 0. The third-order valence-electron chi connectivity index (χ3n) is 9.29. The van der Waals surface area contributed by atoms with Gasteiger partial charge in [0.2, 0.25) is 0 Å². The van der Waals surface area contributed by atoms with Gasteiger partial charge in [0.15, 0.2) is 5.82 Å². The molecule has 3 nitrogen and oxygen atoms in total. The summed E-state index contributed by atoms with van der Waals surface area (Å²) in [6, 6.07) is 55.4. The second-order valence-electron chi connectivity index (χ2n) is 12.1. The zero-order chi connectivity index (χ0) is 31.6. The lowest BCUT2D eigenvalue weighted by Gasteiger charge is -2.10. The topological polar surface area (TPSA) is 38.9 Å². The second kappa shape index (κ2) is 10.7. The van der Waals surface area contributed by atoms with E-state index in [-0.39, 0.29) is 0 Å². The van der Waals surface area contributed by atoms with Crippen LogP contribution in [0.5, 0.6) is 0 Å². The fourth-order valence-corrected chi connectivity index (χ4v) is 8.16. The Kier molecular flexibility index (Phi) is 6.05. The van der Waals surface area contributed by atoms with Crippen LogP contribution in [-0.2, 0) is 0 Å². The van der Waals surface area contributed by atoms with Gasteiger partial charge >= 0.3 is 0 Å². The summed E-state index contributed by atoms with van der Waals surface area (Å²) in [6.45, 7) is 0. The second-order valence-corrected chi connectivity index (χ2v) is 13.2. The van der Waals surface area contributed by atoms with Crippen LogP contribution in [0.1, 0.15) is 0 Å². The molecule has 224 valence electrons. The van der Waals surface area contributed by atoms with E-state index in [1.807, 2.05) is 12.1 Å². The van der Waals surface area contributed by atoms with Gasteiger partial charge in [-0.25, -0.2) is 9.97 Å². The van der Waals surface area contributed by atoms with Gasteiger partial charge in [0.25, 0.3) is 0 Å². The Hall–Kier alpha value is -6.10. The molecule has 0 aliphatic carbocycles. The Bertz CT molecular complexity index is 2850. The van der Waals surface area contributed by atoms with E-state index >= 15 is 0 Å². The average Bonchev–Trinajstić information content (AvgIpc) is 3.73. The van der Waals surface area contributed by atoms with Crippen molar-refractivity contribution in [3.05, 3.63) is 158 Å². The molecule has 10 aromatic rings. The van der Waals surface area contributed by atoms with Gasteiger partial charge in [-0.15, -0.1) is 11.3 Å². The van der Waals surface area contributed by atoms with Crippen LogP contribution in [0.4, 0.5) is 0 Å². The Labute approximate surface area is 280 Å². The highest BCUT2D eigenvalue weighted by atomic mass is 32.1. The van der Waals surface area contributed by atoms with Crippen molar-refractivity contribution in [1.29, 1.82) is 0 Å².